The van der Waals surface area contributed by atoms with E-state index in [0.717, 1.165) is 9.87 Å². The molecule has 3 aromatic carbocycles. The van der Waals surface area contributed by atoms with Crippen molar-refractivity contribution in [3.8, 4) is 5.75 Å². The summed E-state index contributed by atoms with van der Waals surface area (Å²) in [5.74, 6) is -0.721. The topological polar surface area (TPSA) is 96.0 Å². The van der Waals surface area contributed by atoms with Gasteiger partial charge in [0.1, 0.15) is 18.3 Å². The highest BCUT2D eigenvalue weighted by molar-refractivity contribution is 7.92. The van der Waals surface area contributed by atoms with Gasteiger partial charge in [0.2, 0.25) is 11.8 Å². The molecule has 0 aliphatic carbocycles. The Morgan fingerprint density at radius 3 is 2.24 bits per heavy atom. The summed E-state index contributed by atoms with van der Waals surface area (Å²) in [7, 11) is -2.88. The van der Waals surface area contributed by atoms with Gasteiger partial charge in [0, 0.05) is 22.6 Å². The average Bonchev–Trinajstić information content (AvgIpc) is 2.96. The third-order valence-corrected chi connectivity index (χ3v) is 9.36. The molecule has 0 aliphatic heterocycles. The largest absolute Gasteiger partial charge is 0.495 e. The lowest BCUT2D eigenvalue weighted by atomic mass is 10.1. The number of nitrogens with zero attached hydrogens (tertiary/aromatic N) is 2. The van der Waals surface area contributed by atoms with Crippen LogP contribution in [0.5, 0.6) is 5.75 Å². The van der Waals surface area contributed by atoms with Crippen LogP contribution >= 0.6 is 23.2 Å². The third-order valence-electron chi connectivity index (χ3n) is 6.98. The fourth-order valence-corrected chi connectivity index (χ4v) is 6.16. The second-order valence-electron chi connectivity index (χ2n) is 10.00. The molecule has 8 nitrogen and oxygen atoms in total. The van der Waals surface area contributed by atoms with Gasteiger partial charge >= 0.3 is 0 Å². The number of hydrogen-bond donors (Lipinski definition) is 1. The molecule has 0 saturated carbocycles. The van der Waals surface area contributed by atoms with E-state index in [2.05, 4.69) is 5.32 Å². The zero-order valence-corrected chi connectivity index (χ0v) is 26.8. The SMILES string of the molecule is CC[C@@H](C)NC(=O)[C@H](CC)N(Cc1ccccc1Cl)C(=O)CN(c1cc(Cl)ccc1OC)S(=O)(=O)c1ccc(C)cc1. The molecule has 0 unspecified atom stereocenters. The van der Waals surface area contributed by atoms with E-state index in [1.807, 2.05) is 20.8 Å². The summed E-state index contributed by atoms with van der Waals surface area (Å²) < 4.78 is 34.7. The van der Waals surface area contributed by atoms with E-state index in [9.17, 15) is 18.0 Å². The van der Waals surface area contributed by atoms with Gasteiger partial charge in [-0.3, -0.25) is 13.9 Å². The smallest absolute Gasteiger partial charge is 0.264 e. The van der Waals surface area contributed by atoms with Crippen LogP contribution in [0, 0.1) is 6.92 Å². The predicted octanol–water partition coefficient (Wildman–Crippen LogP) is 6.23. The van der Waals surface area contributed by atoms with Gasteiger partial charge in [-0.25, -0.2) is 8.42 Å². The van der Waals surface area contributed by atoms with Crippen molar-refractivity contribution >= 4 is 50.7 Å². The van der Waals surface area contributed by atoms with E-state index in [0.29, 0.717) is 23.4 Å². The van der Waals surface area contributed by atoms with Gasteiger partial charge in [-0.05, 0) is 68.7 Å². The van der Waals surface area contributed by atoms with Crippen molar-refractivity contribution in [2.75, 3.05) is 18.0 Å². The maximum atomic E-state index is 14.2. The first kappa shape index (κ1) is 33.2. The van der Waals surface area contributed by atoms with Gasteiger partial charge in [0.05, 0.1) is 17.7 Å². The molecule has 11 heteroatoms. The van der Waals surface area contributed by atoms with Crippen LogP contribution in [-0.4, -0.2) is 50.9 Å². The summed E-state index contributed by atoms with van der Waals surface area (Å²) in [5, 5.41) is 3.64. The first-order valence-electron chi connectivity index (χ1n) is 13.7. The van der Waals surface area contributed by atoms with Gasteiger partial charge in [0.15, 0.2) is 0 Å². The summed E-state index contributed by atoms with van der Waals surface area (Å²) in [6.45, 7) is 6.85. The second-order valence-corrected chi connectivity index (χ2v) is 12.7. The van der Waals surface area contributed by atoms with Crippen LogP contribution in [0.25, 0.3) is 0 Å². The lowest BCUT2D eigenvalue weighted by molar-refractivity contribution is -0.140. The third kappa shape index (κ3) is 7.96. The standard InChI is InChI=1S/C31H37Cl2N3O5S/c1-6-22(4)34-31(38)27(7-2)35(19-23-10-8-9-11-26(23)33)30(37)20-36(28-18-24(32)14-17-29(28)41-5)42(39,40)25-15-12-21(3)13-16-25/h8-18,22,27H,6-7,19-20H2,1-5H3,(H,34,38)/t22-,27+/m1/s1. The Bertz CT molecular complexity index is 1500. The molecule has 0 aromatic heterocycles. The highest BCUT2D eigenvalue weighted by Crippen LogP contribution is 2.35. The lowest BCUT2D eigenvalue weighted by Crippen LogP contribution is -2.53. The summed E-state index contributed by atoms with van der Waals surface area (Å²) >= 11 is 12.8. The molecule has 0 heterocycles. The highest BCUT2D eigenvalue weighted by Gasteiger charge is 2.35. The predicted molar refractivity (Wildman–Crippen MR) is 168 cm³/mol. The van der Waals surface area contributed by atoms with Crippen LogP contribution < -0.4 is 14.4 Å². The molecule has 3 aromatic rings. The second kappa shape index (κ2) is 14.8. The van der Waals surface area contributed by atoms with Gasteiger partial charge < -0.3 is 15.0 Å². The minimum Gasteiger partial charge on any atom is -0.495 e. The number of amides is 2. The lowest BCUT2D eigenvalue weighted by Gasteiger charge is -2.34. The molecule has 2 atom stereocenters. The van der Waals surface area contributed by atoms with Crippen LogP contribution in [0.4, 0.5) is 5.69 Å². The number of carbonyl (C=O) groups excluding carboxylic acids is 2. The summed E-state index contributed by atoms with van der Waals surface area (Å²) in [6.07, 6.45) is 1.00. The number of benzene rings is 3. The van der Waals surface area contributed by atoms with Crippen molar-refractivity contribution in [1.82, 2.24) is 10.2 Å². The van der Waals surface area contributed by atoms with Crippen LogP contribution in [0.3, 0.4) is 0 Å². The number of aryl methyl sites for hydroxylation is 1. The molecule has 0 fully saturated rings. The quantitative estimate of drug-likeness (QED) is 0.241. The van der Waals surface area contributed by atoms with Crippen LogP contribution in [0.1, 0.15) is 44.7 Å². The molecule has 0 saturated heterocycles. The van der Waals surface area contributed by atoms with Gasteiger partial charge in [-0.2, -0.15) is 0 Å². The zero-order chi connectivity index (χ0) is 31.0. The van der Waals surface area contributed by atoms with E-state index >= 15 is 0 Å². The summed E-state index contributed by atoms with van der Waals surface area (Å²) in [5.41, 5.74) is 1.59. The number of halogens is 2. The molecular formula is C31H37Cl2N3O5S. The Kier molecular flexibility index (Phi) is 11.7. The molecular weight excluding hydrogens is 597 g/mol. The fraction of sp³-hybridized carbons (Fsp3) is 0.355. The van der Waals surface area contributed by atoms with E-state index in [1.54, 1.807) is 49.4 Å². The number of nitrogens with one attached hydrogen (secondary N) is 1. The molecule has 1 N–H and O–H groups in total. The van der Waals surface area contributed by atoms with Gasteiger partial charge in [-0.15, -0.1) is 0 Å². The number of hydrogen-bond acceptors (Lipinski definition) is 5. The van der Waals surface area contributed by atoms with E-state index < -0.39 is 28.5 Å². The normalized spacial score (nSPS) is 12.7. The van der Waals surface area contributed by atoms with Crippen molar-refractivity contribution in [2.24, 2.45) is 0 Å². The number of methoxy groups -OCH3 is 1. The Morgan fingerprint density at radius 2 is 1.64 bits per heavy atom. The molecule has 42 heavy (non-hydrogen) atoms. The number of carbonyl (C=O) groups is 2. The molecule has 0 bridgehead atoms. The molecule has 0 spiro atoms. The highest BCUT2D eigenvalue weighted by atomic mass is 35.5. The number of ether oxygens (including phenoxy) is 1. The number of anilines is 1. The Balaban J connectivity index is 2.14. The molecule has 2 amide bonds. The van der Waals surface area contributed by atoms with Crippen LogP contribution in [0.15, 0.2) is 71.6 Å². The maximum absolute atomic E-state index is 14.2. The van der Waals surface area contributed by atoms with Crippen molar-refractivity contribution in [3.63, 3.8) is 0 Å². The number of rotatable bonds is 13. The van der Waals surface area contributed by atoms with Crippen LogP contribution in [0.2, 0.25) is 10.0 Å². The molecule has 3 rings (SSSR count). The van der Waals surface area contributed by atoms with E-state index in [-0.39, 0.29) is 39.8 Å². The van der Waals surface area contributed by atoms with Crippen molar-refractivity contribution in [2.45, 2.75) is 64.1 Å². The number of sulfonamides is 1. The molecule has 226 valence electrons. The van der Waals surface area contributed by atoms with Crippen molar-refractivity contribution in [3.05, 3.63) is 87.9 Å². The summed E-state index contributed by atoms with van der Waals surface area (Å²) in [4.78, 5) is 29.0. The Labute approximate surface area is 258 Å². The zero-order valence-electron chi connectivity index (χ0n) is 24.4. The van der Waals surface area contributed by atoms with Gasteiger partial charge in [-0.1, -0.05) is 72.9 Å². The van der Waals surface area contributed by atoms with Crippen molar-refractivity contribution in [1.29, 1.82) is 0 Å². The first-order chi connectivity index (χ1) is 19.9. The molecule has 0 aliphatic rings. The van der Waals surface area contributed by atoms with E-state index in [4.69, 9.17) is 27.9 Å². The minimum atomic E-state index is -4.28. The minimum absolute atomic E-state index is 0.00393. The fourth-order valence-electron chi connectivity index (χ4n) is 4.38. The maximum Gasteiger partial charge on any atom is 0.264 e. The first-order valence-corrected chi connectivity index (χ1v) is 15.9. The molecule has 0 radical (unpaired) electrons. The van der Waals surface area contributed by atoms with Crippen molar-refractivity contribution < 1.29 is 22.7 Å². The van der Waals surface area contributed by atoms with Crippen LogP contribution in [-0.2, 0) is 26.2 Å². The Morgan fingerprint density at radius 1 is 0.976 bits per heavy atom. The Hall–Kier alpha value is -3.27. The van der Waals surface area contributed by atoms with E-state index in [1.165, 1.54) is 36.3 Å². The summed E-state index contributed by atoms with van der Waals surface area (Å²) in [6, 6.07) is 16.9. The van der Waals surface area contributed by atoms with Gasteiger partial charge in [0.25, 0.3) is 10.0 Å². The average molecular weight is 635 g/mol. The monoisotopic (exact) mass is 633 g/mol.